The van der Waals surface area contributed by atoms with E-state index >= 15 is 0 Å². The molecule has 106 valence electrons. The van der Waals surface area contributed by atoms with Gasteiger partial charge in [0.05, 0.1) is 11.4 Å². The van der Waals surface area contributed by atoms with E-state index in [0.29, 0.717) is 4.34 Å². The van der Waals surface area contributed by atoms with Gasteiger partial charge in [-0.3, -0.25) is 0 Å². The Hall–Kier alpha value is -2.11. The molecule has 3 rings (SSSR count). The maximum absolute atomic E-state index is 11.8. The van der Waals surface area contributed by atoms with Crippen molar-refractivity contribution in [1.29, 1.82) is 0 Å². The zero-order chi connectivity index (χ0) is 14.8. The second-order valence-electron chi connectivity index (χ2n) is 4.21. The van der Waals surface area contributed by atoms with Gasteiger partial charge in [0, 0.05) is 10.4 Å². The second kappa shape index (κ2) is 5.71. The molecule has 0 amide bonds. The lowest BCUT2D eigenvalue weighted by atomic mass is 10.2. The van der Waals surface area contributed by atoms with Gasteiger partial charge in [-0.15, -0.1) is 11.3 Å². The van der Waals surface area contributed by atoms with Crippen molar-refractivity contribution in [3.8, 4) is 5.75 Å². The quantitative estimate of drug-likeness (QED) is 0.639. The second-order valence-corrected chi connectivity index (χ2v) is 5.95. The van der Waals surface area contributed by atoms with E-state index in [-0.39, 0.29) is 11.6 Å². The number of carbonyl (C=O) groups excluding carboxylic acids is 1. The fourth-order valence-electron chi connectivity index (χ4n) is 1.81. The number of carbonyl (C=O) groups is 1. The third-order valence-corrected chi connectivity index (χ3v) is 4.01. The van der Waals surface area contributed by atoms with Crippen LogP contribution in [0, 0.1) is 0 Å². The van der Waals surface area contributed by atoms with Crippen molar-refractivity contribution in [2.75, 3.05) is 7.11 Å². The minimum absolute atomic E-state index is 0.263. The molecule has 6 heteroatoms. The first-order valence-corrected chi connectivity index (χ1v) is 7.27. The van der Waals surface area contributed by atoms with Crippen LogP contribution in [0.3, 0.4) is 0 Å². The third-order valence-electron chi connectivity index (χ3n) is 2.83. The lowest BCUT2D eigenvalue weighted by Crippen LogP contribution is -2.05. The average Bonchev–Trinajstić information content (AvgIpc) is 3.06. The first kappa shape index (κ1) is 13.9. The summed E-state index contributed by atoms with van der Waals surface area (Å²) in [4.78, 5) is 16.9. The fraction of sp³-hybridized carbons (Fsp3) is 0.0667. The molecule has 0 fully saturated rings. The number of hydrogen-bond donors (Lipinski definition) is 0. The van der Waals surface area contributed by atoms with E-state index in [1.807, 2.05) is 6.07 Å². The molecule has 0 spiro atoms. The van der Waals surface area contributed by atoms with E-state index in [0.717, 1.165) is 16.2 Å². The predicted octanol–water partition coefficient (Wildman–Crippen LogP) is 3.75. The van der Waals surface area contributed by atoms with E-state index < -0.39 is 5.97 Å². The molecule has 21 heavy (non-hydrogen) atoms. The van der Waals surface area contributed by atoms with Gasteiger partial charge in [0.25, 0.3) is 0 Å². The average molecular weight is 320 g/mol. The van der Waals surface area contributed by atoms with Crippen LogP contribution in [-0.2, 0) is 9.53 Å². The van der Waals surface area contributed by atoms with Gasteiger partial charge in [0.1, 0.15) is 5.75 Å². The third kappa shape index (κ3) is 2.99. The fourth-order valence-corrected chi connectivity index (χ4v) is 2.80. The van der Waals surface area contributed by atoms with Gasteiger partial charge in [-0.2, -0.15) is 0 Å². The van der Waals surface area contributed by atoms with Crippen LogP contribution in [0.25, 0.3) is 6.08 Å². The van der Waals surface area contributed by atoms with Crippen molar-refractivity contribution >= 4 is 40.9 Å². The van der Waals surface area contributed by atoms with Gasteiger partial charge >= 0.3 is 5.97 Å². The van der Waals surface area contributed by atoms with Gasteiger partial charge in [0.2, 0.25) is 5.90 Å². The molecule has 1 aromatic carbocycles. The number of halogens is 1. The smallest absolute Gasteiger partial charge is 0.363 e. The van der Waals surface area contributed by atoms with Crippen LogP contribution in [0.1, 0.15) is 10.4 Å². The molecule has 0 atom stereocenters. The van der Waals surface area contributed by atoms with Crippen LogP contribution >= 0.6 is 22.9 Å². The summed E-state index contributed by atoms with van der Waals surface area (Å²) >= 11 is 7.23. The monoisotopic (exact) mass is 319 g/mol. The number of methoxy groups -OCH3 is 1. The molecule has 1 aromatic heterocycles. The maximum atomic E-state index is 11.8. The number of aliphatic imine (C=N–C) groups is 1. The summed E-state index contributed by atoms with van der Waals surface area (Å²) in [6.07, 6.45) is 1.66. The van der Waals surface area contributed by atoms with Crippen molar-refractivity contribution < 1.29 is 14.3 Å². The highest BCUT2D eigenvalue weighted by molar-refractivity contribution is 7.17. The number of ether oxygens (including phenoxy) is 2. The number of cyclic esters (lactones) is 1. The van der Waals surface area contributed by atoms with Crippen molar-refractivity contribution in [2.24, 2.45) is 4.99 Å². The highest BCUT2D eigenvalue weighted by atomic mass is 35.5. The highest BCUT2D eigenvalue weighted by Crippen LogP contribution is 2.26. The summed E-state index contributed by atoms with van der Waals surface area (Å²) in [5.74, 6) is 0.551. The largest absolute Gasteiger partial charge is 0.497 e. The summed E-state index contributed by atoms with van der Waals surface area (Å²) in [6, 6.07) is 10.7. The molecule has 0 saturated heterocycles. The molecule has 0 saturated carbocycles. The van der Waals surface area contributed by atoms with Crippen LogP contribution in [0.4, 0.5) is 0 Å². The normalized spacial score (nSPS) is 16.0. The first-order chi connectivity index (χ1) is 10.2. The molecule has 1 aliphatic heterocycles. The minimum atomic E-state index is -0.467. The summed E-state index contributed by atoms with van der Waals surface area (Å²) < 4.78 is 10.9. The van der Waals surface area contributed by atoms with Crippen LogP contribution < -0.4 is 4.74 Å². The van der Waals surface area contributed by atoms with E-state index in [1.165, 1.54) is 11.3 Å². The van der Waals surface area contributed by atoms with Crippen LogP contribution in [0.15, 0.2) is 47.1 Å². The zero-order valence-corrected chi connectivity index (χ0v) is 12.6. The predicted molar refractivity (Wildman–Crippen MR) is 82.9 cm³/mol. The number of hydrogen-bond acceptors (Lipinski definition) is 5. The van der Waals surface area contributed by atoms with E-state index in [2.05, 4.69) is 4.99 Å². The Labute approximate surface area is 130 Å². The molecule has 2 aromatic rings. The molecule has 0 radical (unpaired) electrons. The molecule has 0 bridgehead atoms. The summed E-state index contributed by atoms with van der Waals surface area (Å²) in [5, 5.41) is 0. The number of benzene rings is 1. The van der Waals surface area contributed by atoms with Gasteiger partial charge in [-0.05, 0) is 42.5 Å². The van der Waals surface area contributed by atoms with Crippen molar-refractivity contribution in [3.05, 3.63) is 56.9 Å². The molecule has 0 unspecified atom stereocenters. The van der Waals surface area contributed by atoms with E-state index in [9.17, 15) is 4.79 Å². The summed E-state index contributed by atoms with van der Waals surface area (Å²) in [7, 11) is 1.59. The van der Waals surface area contributed by atoms with Crippen molar-refractivity contribution in [2.45, 2.75) is 0 Å². The molecular weight excluding hydrogens is 310 g/mol. The Morgan fingerprint density at radius 2 is 2.00 bits per heavy atom. The standard InChI is InChI=1S/C15H10ClNO3S/c1-19-10-4-2-9(3-5-10)14-17-12(15(18)20-14)8-11-6-7-13(16)21-11/h2-8H,1H3/b12-8+. The van der Waals surface area contributed by atoms with E-state index in [4.69, 9.17) is 21.1 Å². The molecule has 0 aliphatic carbocycles. The van der Waals surface area contributed by atoms with Crippen LogP contribution in [-0.4, -0.2) is 19.0 Å². The Morgan fingerprint density at radius 1 is 1.24 bits per heavy atom. The minimum Gasteiger partial charge on any atom is -0.497 e. The highest BCUT2D eigenvalue weighted by Gasteiger charge is 2.24. The Kier molecular flexibility index (Phi) is 3.77. The molecule has 0 N–H and O–H groups in total. The van der Waals surface area contributed by atoms with Gasteiger partial charge in [0.15, 0.2) is 5.70 Å². The number of esters is 1. The van der Waals surface area contributed by atoms with Crippen LogP contribution in [0.5, 0.6) is 5.75 Å². The Bertz CT molecular complexity index is 747. The lowest BCUT2D eigenvalue weighted by molar-refractivity contribution is -0.129. The number of rotatable bonds is 3. The summed E-state index contributed by atoms with van der Waals surface area (Å²) in [6.45, 7) is 0. The first-order valence-electron chi connectivity index (χ1n) is 6.08. The SMILES string of the molecule is COc1ccc(C2=N/C(=C/c3ccc(Cl)s3)C(=O)O2)cc1. The van der Waals surface area contributed by atoms with Crippen molar-refractivity contribution in [1.82, 2.24) is 0 Å². The molecule has 2 heterocycles. The molecule has 4 nitrogen and oxygen atoms in total. The van der Waals surface area contributed by atoms with Crippen molar-refractivity contribution in [3.63, 3.8) is 0 Å². The van der Waals surface area contributed by atoms with Gasteiger partial charge in [-0.25, -0.2) is 9.79 Å². The van der Waals surface area contributed by atoms with Gasteiger partial charge in [-0.1, -0.05) is 11.6 Å². The molecule has 1 aliphatic rings. The number of nitrogens with zero attached hydrogens (tertiary/aromatic N) is 1. The zero-order valence-electron chi connectivity index (χ0n) is 11.0. The van der Waals surface area contributed by atoms with Crippen LogP contribution in [0.2, 0.25) is 4.34 Å². The van der Waals surface area contributed by atoms with Gasteiger partial charge < -0.3 is 9.47 Å². The Morgan fingerprint density at radius 3 is 2.62 bits per heavy atom. The lowest BCUT2D eigenvalue weighted by Gasteiger charge is -2.01. The molecular formula is C15H10ClNO3S. The maximum Gasteiger partial charge on any atom is 0.363 e. The Balaban J connectivity index is 1.89. The number of thiophene rings is 1. The summed E-state index contributed by atoms with van der Waals surface area (Å²) in [5.41, 5.74) is 0.982. The topological polar surface area (TPSA) is 47.9 Å². The van der Waals surface area contributed by atoms with E-state index in [1.54, 1.807) is 43.5 Å².